The minimum atomic E-state index is 0.0105. The Morgan fingerprint density at radius 1 is 0.886 bits per heavy atom. The molecule has 0 aliphatic rings. The first-order chi connectivity index (χ1) is 16.9. The van der Waals surface area contributed by atoms with E-state index in [2.05, 4.69) is 103 Å². The molecule has 0 bridgehead atoms. The molecule has 2 heterocycles. The van der Waals surface area contributed by atoms with Crippen molar-refractivity contribution in [2.75, 3.05) is 0 Å². The second-order valence-corrected chi connectivity index (χ2v) is 13.0. The molecule has 0 spiro atoms. The Bertz CT molecular complexity index is 1590. The summed E-state index contributed by atoms with van der Waals surface area (Å²) in [6, 6.07) is 22.5. The fraction of sp³-hybridized carbons (Fsp3) is 0.303. The van der Waals surface area contributed by atoms with Gasteiger partial charge >= 0.3 is 0 Å². The van der Waals surface area contributed by atoms with E-state index in [1.165, 1.54) is 27.5 Å². The zero-order chi connectivity index (χ0) is 25.8. The number of aromatic nitrogens is 1. The quantitative estimate of drug-likeness (QED) is 0.251. The van der Waals surface area contributed by atoms with E-state index in [9.17, 15) is 0 Å². The summed E-state index contributed by atoms with van der Waals surface area (Å²) in [6.07, 6.45) is 2.90. The Morgan fingerprint density at radius 2 is 1.66 bits per heavy atom. The molecule has 0 fully saturated rings. The standard InChI is InChI=1S/C33H35NS/c1-21-16-22(20-32(2,3)4)12-13-26(21)29-19-24-14-15-34-30(31(24)35-29)25-17-23-10-8-9-11-27(23)28(18-25)33(5,6)7/h8-19H,20H2,1-7H3/i19D. The number of rotatable bonds is 3. The van der Waals surface area contributed by atoms with Gasteiger partial charge in [-0.3, -0.25) is 4.98 Å². The van der Waals surface area contributed by atoms with Gasteiger partial charge in [-0.05, 0) is 86.8 Å². The highest BCUT2D eigenvalue weighted by Gasteiger charge is 2.20. The van der Waals surface area contributed by atoms with Crippen LogP contribution in [0.15, 0.2) is 72.9 Å². The summed E-state index contributed by atoms with van der Waals surface area (Å²) < 4.78 is 10.2. The summed E-state index contributed by atoms with van der Waals surface area (Å²) in [6.45, 7) is 15.8. The third-order valence-corrected chi connectivity index (χ3v) is 7.71. The molecule has 0 N–H and O–H groups in total. The lowest BCUT2D eigenvalue weighted by Crippen LogP contribution is -2.12. The maximum absolute atomic E-state index is 9.07. The van der Waals surface area contributed by atoms with Crippen molar-refractivity contribution in [3.05, 3.63) is 89.6 Å². The van der Waals surface area contributed by atoms with Crippen LogP contribution < -0.4 is 0 Å². The maximum Gasteiger partial charge on any atom is 0.0880 e. The van der Waals surface area contributed by atoms with E-state index >= 15 is 0 Å². The minimum absolute atomic E-state index is 0.0105. The molecule has 5 rings (SSSR count). The monoisotopic (exact) mass is 478 g/mol. The van der Waals surface area contributed by atoms with E-state index < -0.39 is 0 Å². The van der Waals surface area contributed by atoms with Crippen molar-refractivity contribution < 1.29 is 1.37 Å². The van der Waals surface area contributed by atoms with E-state index in [-0.39, 0.29) is 10.8 Å². The van der Waals surface area contributed by atoms with Crippen LogP contribution in [0.1, 0.15) is 59.6 Å². The van der Waals surface area contributed by atoms with Crippen LogP contribution in [-0.4, -0.2) is 4.98 Å². The Hall–Kier alpha value is -2.97. The summed E-state index contributed by atoms with van der Waals surface area (Å²) in [5.41, 5.74) is 7.40. The van der Waals surface area contributed by atoms with Crippen LogP contribution in [0.2, 0.25) is 0 Å². The smallest absolute Gasteiger partial charge is 0.0880 e. The molecule has 3 aromatic carbocycles. The number of fused-ring (bicyclic) bond motifs is 2. The van der Waals surface area contributed by atoms with Gasteiger partial charge in [0.05, 0.1) is 11.8 Å². The van der Waals surface area contributed by atoms with Crippen LogP contribution in [0.3, 0.4) is 0 Å². The molecule has 5 aromatic rings. The zero-order valence-corrected chi connectivity index (χ0v) is 22.7. The van der Waals surface area contributed by atoms with Gasteiger partial charge in [0.1, 0.15) is 0 Å². The lowest BCUT2D eigenvalue weighted by Gasteiger charge is -2.22. The first kappa shape index (κ1) is 22.5. The highest BCUT2D eigenvalue weighted by Crippen LogP contribution is 2.41. The van der Waals surface area contributed by atoms with Crippen LogP contribution in [-0.2, 0) is 11.8 Å². The SMILES string of the molecule is [2H]c1c(-c2ccc(CC(C)(C)C)cc2C)sc2c(-c3cc(C(C)(C)C)c4ccccc4c3)nccc12. The lowest BCUT2D eigenvalue weighted by atomic mass is 9.82. The van der Waals surface area contributed by atoms with E-state index in [0.717, 1.165) is 38.2 Å². The second-order valence-electron chi connectivity index (χ2n) is 12.0. The maximum atomic E-state index is 9.07. The Labute approximate surface area is 215 Å². The largest absolute Gasteiger partial charge is 0.255 e. The Kier molecular flexibility index (Phi) is 5.53. The molecule has 2 heteroatoms. The van der Waals surface area contributed by atoms with Gasteiger partial charge < -0.3 is 0 Å². The van der Waals surface area contributed by atoms with Crippen molar-refractivity contribution >= 4 is 32.2 Å². The van der Waals surface area contributed by atoms with Gasteiger partial charge in [0.15, 0.2) is 0 Å². The van der Waals surface area contributed by atoms with Crippen molar-refractivity contribution in [3.63, 3.8) is 0 Å². The third kappa shape index (κ3) is 4.77. The molecule has 0 unspecified atom stereocenters. The van der Waals surface area contributed by atoms with Gasteiger partial charge in [0.25, 0.3) is 0 Å². The molecule has 0 atom stereocenters. The number of hydrogen-bond acceptors (Lipinski definition) is 2. The molecule has 2 aromatic heterocycles. The van der Waals surface area contributed by atoms with E-state index in [1.807, 2.05) is 12.3 Å². The van der Waals surface area contributed by atoms with Gasteiger partial charge in [0.2, 0.25) is 0 Å². The number of aryl methyl sites for hydroxylation is 1. The van der Waals surface area contributed by atoms with Crippen LogP contribution in [0.4, 0.5) is 0 Å². The van der Waals surface area contributed by atoms with Crippen molar-refractivity contribution in [1.29, 1.82) is 0 Å². The normalized spacial score (nSPS) is 12.9. The average Bonchev–Trinajstić information content (AvgIpc) is 3.13. The topological polar surface area (TPSA) is 12.9 Å². The molecule has 0 amide bonds. The van der Waals surface area contributed by atoms with Crippen molar-refractivity contribution in [1.82, 2.24) is 4.98 Å². The molecular weight excluding hydrogens is 442 g/mol. The van der Waals surface area contributed by atoms with Crippen LogP contribution in [0, 0.1) is 12.3 Å². The van der Waals surface area contributed by atoms with Gasteiger partial charge in [-0.15, -0.1) is 11.3 Å². The Morgan fingerprint density at radius 3 is 2.37 bits per heavy atom. The van der Waals surface area contributed by atoms with Crippen molar-refractivity contribution in [2.24, 2.45) is 5.41 Å². The summed E-state index contributed by atoms with van der Waals surface area (Å²) in [4.78, 5) is 5.88. The molecule has 35 heavy (non-hydrogen) atoms. The molecule has 1 nitrogen and oxygen atoms in total. The van der Waals surface area contributed by atoms with Crippen molar-refractivity contribution in [3.8, 4) is 21.7 Å². The number of benzene rings is 3. The van der Waals surface area contributed by atoms with Gasteiger partial charge in [-0.1, -0.05) is 84.0 Å². The number of pyridine rings is 1. The Balaban J connectivity index is 1.68. The van der Waals surface area contributed by atoms with Crippen LogP contribution >= 0.6 is 11.3 Å². The highest BCUT2D eigenvalue weighted by atomic mass is 32.1. The predicted molar refractivity (Wildman–Crippen MR) is 155 cm³/mol. The highest BCUT2D eigenvalue weighted by molar-refractivity contribution is 7.22. The summed E-state index contributed by atoms with van der Waals surface area (Å²) >= 11 is 1.70. The molecule has 0 saturated carbocycles. The van der Waals surface area contributed by atoms with E-state index in [1.54, 1.807) is 11.3 Å². The van der Waals surface area contributed by atoms with Crippen molar-refractivity contribution in [2.45, 2.75) is 60.3 Å². The lowest BCUT2D eigenvalue weighted by molar-refractivity contribution is 0.411. The zero-order valence-electron chi connectivity index (χ0n) is 22.9. The third-order valence-electron chi connectivity index (χ3n) is 6.57. The van der Waals surface area contributed by atoms with E-state index in [4.69, 9.17) is 6.35 Å². The number of nitrogens with zero attached hydrogens (tertiary/aromatic N) is 1. The number of hydrogen-bond donors (Lipinski definition) is 0. The minimum Gasteiger partial charge on any atom is -0.255 e. The summed E-state index contributed by atoms with van der Waals surface area (Å²) in [7, 11) is 0. The average molecular weight is 479 g/mol. The summed E-state index contributed by atoms with van der Waals surface area (Å²) in [5.74, 6) is 0. The van der Waals surface area contributed by atoms with Gasteiger partial charge in [-0.2, -0.15) is 0 Å². The summed E-state index contributed by atoms with van der Waals surface area (Å²) in [5, 5.41) is 3.50. The molecule has 178 valence electrons. The predicted octanol–water partition coefficient (Wildman–Crippen LogP) is 9.98. The van der Waals surface area contributed by atoms with E-state index in [0.29, 0.717) is 6.04 Å². The molecule has 0 aliphatic carbocycles. The first-order valence-corrected chi connectivity index (χ1v) is 13.3. The van der Waals surface area contributed by atoms with Gasteiger partial charge in [-0.25, -0.2) is 0 Å². The fourth-order valence-electron chi connectivity index (χ4n) is 5.00. The number of thiophene rings is 1. The molecular formula is C33H35NS. The molecule has 0 radical (unpaired) electrons. The van der Waals surface area contributed by atoms with Gasteiger partial charge in [0, 0.05) is 16.6 Å². The first-order valence-electron chi connectivity index (χ1n) is 12.9. The van der Waals surface area contributed by atoms with Crippen LogP contribution in [0.5, 0.6) is 0 Å². The second kappa shape index (κ2) is 8.60. The molecule has 0 aliphatic heterocycles. The van der Waals surface area contributed by atoms with Crippen LogP contribution in [0.25, 0.3) is 42.6 Å². The fourth-order valence-corrected chi connectivity index (χ4v) is 6.20. The molecule has 0 saturated heterocycles.